The topological polar surface area (TPSA) is 49.7 Å². The monoisotopic (exact) mass is 238 g/mol. The lowest BCUT2D eigenvalue weighted by Crippen LogP contribution is -2.33. The second kappa shape index (κ2) is 5.17. The van der Waals surface area contributed by atoms with Crippen molar-refractivity contribution in [3.63, 3.8) is 0 Å². The van der Waals surface area contributed by atoms with Gasteiger partial charge in [0.15, 0.2) is 0 Å². The second-order valence-corrected chi connectivity index (χ2v) is 4.66. The Morgan fingerprint density at radius 1 is 1.35 bits per heavy atom. The van der Waals surface area contributed by atoms with E-state index in [9.17, 15) is 4.39 Å². The molecule has 1 aliphatic rings. The van der Waals surface area contributed by atoms with Gasteiger partial charge >= 0.3 is 7.12 Å². The van der Waals surface area contributed by atoms with Crippen molar-refractivity contribution in [1.29, 1.82) is 0 Å². The van der Waals surface area contributed by atoms with Gasteiger partial charge in [0.1, 0.15) is 5.82 Å². The zero-order valence-corrected chi connectivity index (χ0v) is 9.77. The van der Waals surface area contributed by atoms with Gasteiger partial charge in [-0.25, -0.2) is 4.39 Å². The first-order chi connectivity index (χ1) is 8.08. The fourth-order valence-corrected chi connectivity index (χ4v) is 2.10. The molecular weight excluding hydrogens is 222 g/mol. The van der Waals surface area contributed by atoms with E-state index >= 15 is 0 Å². The molecule has 1 saturated heterocycles. The molecule has 0 aromatic heterocycles. The molecule has 0 saturated carbocycles. The van der Waals surface area contributed by atoms with Gasteiger partial charge in [-0.15, -0.1) is 0 Å². The Labute approximate surface area is 100 Å². The molecule has 2 rings (SSSR count). The average Bonchev–Trinajstić information content (AvgIpc) is 2.29. The smallest absolute Gasteiger partial charge is 0.423 e. The molecule has 2 atom stereocenters. The highest BCUT2D eigenvalue weighted by Crippen LogP contribution is 2.30. The molecule has 1 heterocycles. The largest absolute Gasteiger partial charge is 0.491 e. The lowest BCUT2D eigenvalue weighted by atomic mass is 9.79. The predicted octanol–water partition coefficient (Wildman–Crippen LogP) is 0.993. The van der Waals surface area contributed by atoms with Gasteiger partial charge in [-0.3, -0.25) is 0 Å². The zero-order chi connectivity index (χ0) is 12.4. The molecule has 17 heavy (non-hydrogen) atoms. The minimum Gasteiger partial charge on any atom is -0.423 e. The van der Waals surface area contributed by atoms with Crippen LogP contribution in [-0.4, -0.2) is 23.8 Å². The fourth-order valence-electron chi connectivity index (χ4n) is 2.10. The van der Waals surface area contributed by atoms with E-state index in [2.05, 4.69) is 6.92 Å². The Morgan fingerprint density at radius 2 is 2.12 bits per heavy atom. The molecular formula is C12H16BFO3. The van der Waals surface area contributed by atoms with Crippen molar-refractivity contribution in [3.05, 3.63) is 29.6 Å². The van der Waals surface area contributed by atoms with Crippen molar-refractivity contribution in [2.45, 2.75) is 25.9 Å². The third-order valence-electron chi connectivity index (χ3n) is 3.18. The molecule has 92 valence electrons. The Bertz CT molecular complexity index is 389. The number of ether oxygens (including phenoxy) is 1. The van der Waals surface area contributed by atoms with Crippen molar-refractivity contribution in [2.24, 2.45) is 5.92 Å². The summed E-state index contributed by atoms with van der Waals surface area (Å²) in [5.74, 6) is -0.0469. The van der Waals surface area contributed by atoms with E-state index in [1.54, 1.807) is 6.07 Å². The molecule has 0 aliphatic carbocycles. The Balaban J connectivity index is 2.14. The third-order valence-corrected chi connectivity index (χ3v) is 3.18. The van der Waals surface area contributed by atoms with Crippen LogP contribution < -0.4 is 5.46 Å². The van der Waals surface area contributed by atoms with Crippen molar-refractivity contribution < 1.29 is 19.2 Å². The van der Waals surface area contributed by atoms with Crippen LogP contribution in [0.3, 0.4) is 0 Å². The van der Waals surface area contributed by atoms with Crippen molar-refractivity contribution >= 4 is 12.6 Å². The molecule has 0 bridgehead atoms. The maximum atomic E-state index is 13.6. The molecule has 2 unspecified atom stereocenters. The van der Waals surface area contributed by atoms with Gasteiger partial charge in [-0.1, -0.05) is 19.1 Å². The van der Waals surface area contributed by atoms with Crippen LogP contribution >= 0.6 is 0 Å². The standard InChI is InChI=1S/C12H16BFO3/c1-8-2-5-12(17-7-8)9-3-4-10(13(15)16)11(14)6-9/h3-4,6,8,12,15-16H,2,5,7H2,1H3. The first kappa shape index (κ1) is 12.5. The Hall–Kier alpha value is -0.905. The van der Waals surface area contributed by atoms with Crippen LogP contribution in [0.25, 0.3) is 0 Å². The van der Waals surface area contributed by atoms with Crippen LogP contribution in [0.1, 0.15) is 31.4 Å². The summed E-state index contributed by atoms with van der Waals surface area (Å²) < 4.78 is 19.2. The van der Waals surface area contributed by atoms with Crippen molar-refractivity contribution in [1.82, 2.24) is 0 Å². The van der Waals surface area contributed by atoms with Crippen LogP contribution in [0.15, 0.2) is 18.2 Å². The molecule has 3 nitrogen and oxygen atoms in total. The summed E-state index contributed by atoms with van der Waals surface area (Å²) in [6, 6.07) is 4.42. The van der Waals surface area contributed by atoms with Gasteiger partial charge < -0.3 is 14.8 Å². The average molecular weight is 238 g/mol. The second-order valence-electron chi connectivity index (χ2n) is 4.66. The van der Waals surface area contributed by atoms with E-state index in [-0.39, 0.29) is 11.6 Å². The summed E-state index contributed by atoms with van der Waals surface area (Å²) in [6.45, 7) is 2.82. The first-order valence-electron chi connectivity index (χ1n) is 5.85. The number of rotatable bonds is 2. The molecule has 1 aromatic carbocycles. The normalized spacial score (nSPS) is 24.7. The van der Waals surface area contributed by atoms with Crippen molar-refractivity contribution in [3.8, 4) is 0 Å². The summed E-state index contributed by atoms with van der Waals surface area (Å²) in [4.78, 5) is 0. The van der Waals surface area contributed by atoms with Gasteiger partial charge in [-0.05, 0) is 30.4 Å². The highest BCUT2D eigenvalue weighted by molar-refractivity contribution is 6.58. The van der Waals surface area contributed by atoms with Gasteiger partial charge in [0.05, 0.1) is 6.10 Å². The molecule has 0 radical (unpaired) electrons. The van der Waals surface area contributed by atoms with Gasteiger partial charge in [-0.2, -0.15) is 0 Å². The zero-order valence-electron chi connectivity index (χ0n) is 9.77. The summed E-state index contributed by atoms with van der Waals surface area (Å²) in [6.07, 6.45) is 1.86. The Morgan fingerprint density at radius 3 is 2.65 bits per heavy atom. The van der Waals surface area contributed by atoms with E-state index in [0.717, 1.165) is 18.4 Å². The van der Waals surface area contributed by atoms with E-state index < -0.39 is 12.9 Å². The van der Waals surface area contributed by atoms with Crippen LogP contribution in [0.5, 0.6) is 0 Å². The SMILES string of the molecule is CC1CCC(c2ccc(B(O)O)c(F)c2)OC1. The quantitative estimate of drug-likeness (QED) is 0.755. The lowest BCUT2D eigenvalue weighted by Gasteiger charge is -2.27. The summed E-state index contributed by atoms with van der Waals surface area (Å²) in [5.41, 5.74) is 0.664. The highest BCUT2D eigenvalue weighted by Gasteiger charge is 2.23. The minimum atomic E-state index is -1.77. The molecule has 2 N–H and O–H groups in total. The van der Waals surface area contributed by atoms with Crippen LogP contribution in [0, 0.1) is 11.7 Å². The number of benzene rings is 1. The Kier molecular flexibility index (Phi) is 3.81. The molecule has 1 aliphatic heterocycles. The fraction of sp³-hybridized carbons (Fsp3) is 0.500. The first-order valence-corrected chi connectivity index (χ1v) is 5.85. The van der Waals surface area contributed by atoms with Gasteiger partial charge in [0.25, 0.3) is 0 Å². The third kappa shape index (κ3) is 2.86. The molecule has 1 fully saturated rings. The number of halogens is 1. The van der Waals surface area contributed by atoms with Crippen molar-refractivity contribution in [2.75, 3.05) is 6.61 Å². The van der Waals surface area contributed by atoms with Crippen LogP contribution in [0.4, 0.5) is 4.39 Å². The number of hydrogen-bond acceptors (Lipinski definition) is 3. The van der Waals surface area contributed by atoms with Gasteiger partial charge in [0.2, 0.25) is 0 Å². The maximum Gasteiger partial charge on any atom is 0.491 e. The van der Waals surface area contributed by atoms with E-state index in [1.165, 1.54) is 12.1 Å². The van der Waals surface area contributed by atoms with Crippen LogP contribution in [-0.2, 0) is 4.74 Å². The van der Waals surface area contributed by atoms with Gasteiger partial charge in [0, 0.05) is 12.1 Å². The van der Waals surface area contributed by atoms with E-state index in [4.69, 9.17) is 14.8 Å². The minimum absolute atomic E-state index is 0.0782. The summed E-state index contributed by atoms with van der Waals surface area (Å²) in [5, 5.41) is 17.8. The van der Waals surface area contributed by atoms with E-state index in [0.29, 0.717) is 12.5 Å². The number of hydrogen-bond donors (Lipinski definition) is 2. The summed E-state index contributed by atoms with van der Waals surface area (Å²) >= 11 is 0. The molecule has 0 amide bonds. The predicted molar refractivity (Wildman–Crippen MR) is 63.3 cm³/mol. The highest BCUT2D eigenvalue weighted by atomic mass is 19.1. The summed E-state index contributed by atoms with van der Waals surface area (Å²) in [7, 11) is -1.77. The van der Waals surface area contributed by atoms with Crippen LogP contribution in [0.2, 0.25) is 0 Å². The molecule has 0 spiro atoms. The molecule has 5 heteroatoms. The molecule has 1 aromatic rings. The lowest BCUT2D eigenvalue weighted by molar-refractivity contribution is -0.0125. The maximum absolute atomic E-state index is 13.6. The van der Waals surface area contributed by atoms with E-state index in [1.807, 2.05) is 0 Å².